The summed E-state index contributed by atoms with van der Waals surface area (Å²) in [5.41, 5.74) is 5.42. The van der Waals surface area contributed by atoms with Crippen molar-refractivity contribution in [2.45, 2.75) is 53.4 Å². The number of nitrogens with zero attached hydrogens (tertiary/aromatic N) is 2. The second-order valence-corrected chi connectivity index (χ2v) is 9.13. The van der Waals surface area contributed by atoms with Gasteiger partial charge in [-0.05, 0) is 76.6 Å². The molecule has 7 heteroatoms. The van der Waals surface area contributed by atoms with Gasteiger partial charge in [-0.3, -0.25) is 9.97 Å². The van der Waals surface area contributed by atoms with Crippen LogP contribution in [0.3, 0.4) is 0 Å². The Morgan fingerprint density at radius 2 is 1.33 bits per heavy atom. The van der Waals surface area contributed by atoms with Crippen LogP contribution in [0.5, 0.6) is 0 Å². The minimum absolute atomic E-state index is 0.281. The number of hydrogen-bond donors (Lipinski definition) is 1. The van der Waals surface area contributed by atoms with Gasteiger partial charge in [0.2, 0.25) is 0 Å². The third kappa shape index (κ3) is 7.63. The van der Waals surface area contributed by atoms with Gasteiger partial charge >= 0.3 is 11.9 Å². The number of allylic oxidation sites excluding steroid dienone is 4. The quantitative estimate of drug-likeness (QED) is 0.274. The van der Waals surface area contributed by atoms with Crippen LogP contribution in [0, 0.1) is 5.92 Å². The fraction of sp³-hybridized carbons (Fsp3) is 0.379. The predicted octanol–water partition coefficient (Wildman–Crippen LogP) is 4.86. The van der Waals surface area contributed by atoms with Gasteiger partial charge in [-0.1, -0.05) is 23.8 Å². The van der Waals surface area contributed by atoms with E-state index in [9.17, 15) is 9.59 Å². The van der Waals surface area contributed by atoms with Gasteiger partial charge in [-0.25, -0.2) is 9.59 Å². The van der Waals surface area contributed by atoms with Crippen molar-refractivity contribution in [3.05, 3.63) is 94.4 Å². The van der Waals surface area contributed by atoms with Crippen LogP contribution >= 0.6 is 0 Å². The number of carbonyl (C=O) groups is 2. The first-order valence-electron chi connectivity index (χ1n) is 12.3. The van der Waals surface area contributed by atoms with E-state index in [1.54, 1.807) is 12.4 Å². The topological polar surface area (TPSA) is 90.4 Å². The normalized spacial score (nSPS) is 13.8. The summed E-state index contributed by atoms with van der Waals surface area (Å²) in [6.07, 6.45) is 11.9. The number of hydrogen-bond acceptors (Lipinski definition) is 7. The predicted molar refractivity (Wildman–Crippen MR) is 138 cm³/mol. The number of dihydropyridines is 1. The van der Waals surface area contributed by atoms with Gasteiger partial charge in [0.05, 0.1) is 24.4 Å². The smallest absolute Gasteiger partial charge is 0.336 e. The number of esters is 2. The summed E-state index contributed by atoms with van der Waals surface area (Å²) in [5.74, 6) is -1.39. The molecule has 1 aliphatic heterocycles. The van der Waals surface area contributed by atoms with Crippen molar-refractivity contribution in [2.75, 3.05) is 13.2 Å². The molecule has 0 radical (unpaired) electrons. The van der Waals surface area contributed by atoms with E-state index in [0.717, 1.165) is 29.5 Å². The molecule has 0 spiro atoms. The monoisotopic (exact) mass is 489 g/mol. The fourth-order valence-corrected chi connectivity index (χ4v) is 4.22. The van der Waals surface area contributed by atoms with E-state index in [-0.39, 0.29) is 13.2 Å². The van der Waals surface area contributed by atoms with Crippen molar-refractivity contribution >= 4 is 11.9 Å². The van der Waals surface area contributed by atoms with Gasteiger partial charge in [0.1, 0.15) is 0 Å². The molecule has 36 heavy (non-hydrogen) atoms. The van der Waals surface area contributed by atoms with Crippen LogP contribution in [0.2, 0.25) is 0 Å². The van der Waals surface area contributed by atoms with Crippen molar-refractivity contribution in [1.29, 1.82) is 0 Å². The second kappa shape index (κ2) is 13.4. The molecule has 0 unspecified atom stereocenters. The van der Waals surface area contributed by atoms with E-state index in [1.165, 1.54) is 0 Å². The van der Waals surface area contributed by atoms with Crippen LogP contribution in [0.25, 0.3) is 0 Å². The summed E-state index contributed by atoms with van der Waals surface area (Å²) < 4.78 is 11.3. The average molecular weight is 490 g/mol. The van der Waals surface area contributed by atoms with Crippen molar-refractivity contribution in [3.8, 4) is 0 Å². The van der Waals surface area contributed by atoms with Crippen LogP contribution in [0.4, 0.5) is 0 Å². The van der Waals surface area contributed by atoms with Gasteiger partial charge in [0.15, 0.2) is 0 Å². The molecule has 0 atom stereocenters. The van der Waals surface area contributed by atoms with Crippen molar-refractivity contribution in [3.63, 3.8) is 0 Å². The molecule has 190 valence electrons. The molecule has 1 N–H and O–H groups in total. The number of aromatic nitrogens is 2. The Kier molecular flexibility index (Phi) is 9.98. The van der Waals surface area contributed by atoms with Crippen LogP contribution in [-0.4, -0.2) is 35.1 Å². The van der Waals surface area contributed by atoms with Crippen molar-refractivity contribution < 1.29 is 19.1 Å². The highest BCUT2D eigenvalue weighted by Gasteiger charge is 2.35. The van der Waals surface area contributed by atoms with E-state index in [0.29, 0.717) is 35.4 Å². The van der Waals surface area contributed by atoms with Crippen LogP contribution in [-0.2, 0) is 31.9 Å². The molecular formula is C29H35N3O4. The second-order valence-electron chi connectivity index (χ2n) is 9.13. The summed E-state index contributed by atoms with van der Waals surface area (Å²) in [6, 6.07) is 7.78. The molecule has 7 nitrogen and oxygen atoms in total. The molecule has 2 aromatic heterocycles. The minimum Gasteiger partial charge on any atom is -0.462 e. The summed E-state index contributed by atoms with van der Waals surface area (Å²) in [4.78, 5) is 34.5. The molecule has 0 amide bonds. The van der Waals surface area contributed by atoms with E-state index in [1.807, 2.05) is 70.4 Å². The molecule has 3 rings (SSSR count). The maximum absolute atomic E-state index is 13.2. The molecule has 0 saturated carbocycles. The fourth-order valence-electron chi connectivity index (χ4n) is 4.22. The number of rotatable bonds is 11. The lowest BCUT2D eigenvalue weighted by Gasteiger charge is -2.28. The SMILES string of the molecule is CC(C)=CC1C(C(=O)OCCCc2cccnc2)=C(C)NC(C)=C1C(=O)OCCCc1cccnc1. The van der Waals surface area contributed by atoms with Gasteiger partial charge in [0, 0.05) is 42.1 Å². The van der Waals surface area contributed by atoms with Gasteiger partial charge in [-0.2, -0.15) is 0 Å². The zero-order valence-corrected chi connectivity index (χ0v) is 21.5. The standard InChI is InChI=1S/C29H35N3O4/c1-20(2)17-25-26(28(33)35-15-7-11-23-9-5-13-30-18-23)21(3)32-22(4)27(25)29(34)36-16-8-12-24-10-6-14-31-19-24/h5-6,9-10,13-14,17-19,25,32H,7-8,11-12,15-16H2,1-4H3. The number of carbonyl (C=O) groups excluding carboxylic acids is 2. The largest absolute Gasteiger partial charge is 0.462 e. The highest BCUT2D eigenvalue weighted by atomic mass is 16.5. The molecule has 0 fully saturated rings. The van der Waals surface area contributed by atoms with Crippen LogP contribution in [0.1, 0.15) is 51.7 Å². The first kappa shape index (κ1) is 26.9. The van der Waals surface area contributed by atoms with Crippen molar-refractivity contribution in [1.82, 2.24) is 15.3 Å². The highest BCUT2D eigenvalue weighted by Crippen LogP contribution is 2.33. The molecule has 0 aliphatic carbocycles. The third-order valence-electron chi connectivity index (χ3n) is 5.88. The molecule has 2 aromatic rings. The van der Waals surface area contributed by atoms with Gasteiger partial charge in [0.25, 0.3) is 0 Å². The Labute approximate surface area is 213 Å². The third-order valence-corrected chi connectivity index (χ3v) is 5.88. The van der Waals surface area contributed by atoms with E-state index in [4.69, 9.17) is 9.47 Å². The molecular weight excluding hydrogens is 454 g/mol. The first-order chi connectivity index (χ1) is 17.4. The van der Waals surface area contributed by atoms with E-state index < -0.39 is 17.9 Å². The number of ether oxygens (including phenoxy) is 2. The highest BCUT2D eigenvalue weighted by molar-refractivity contribution is 5.98. The lowest BCUT2D eigenvalue weighted by molar-refractivity contribution is -0.140. The zero-order chi connectivity index (χ0) is 25.9. The van der Waals surface area contributed by atoms with Gasteiger partial charge in [-0.15, -0.1) is 0 Å². The Morgan fingerprint density at radius 1 is 0.861 bits per heavy atom. The van der Waals surface area contributed by atoms with Crippen LogP contribution < -0.4 is 5.32 Å². The molecule has 3 heterocycles. The Bertz CT molecular complexity index is 1050. The van der Waals surface area contributed by atoms with Crippen LogP contribution in [0.15, 0.2) is 83.2 Å². The maximum atomic E-state index is 13.2. The summed E-state index contributed by atoms with van der Waals surface area (Å²) in [6.45, 7) is 8.11. The maximum Gasteiger partial charge on any atom is 0.336 e. The number of pyridine rings is 2. The Morgan fingerprint density at radius 3 is 1.72 bits per heavy atom. The van der Waals surface area contributed by atoms with Crippen molar-refractivity contribution in [2.24, 2.45) is 5.92 Å². The molecule has 0 bridgehead atoms. The number of aryl methyl sites for hydroxylation is 2. The lowest BCUT2D eigenvalue weighted by Crippen LogP contribution is -2.33. The van der Waals surface area contributed by atoms with Gasteiger partial charge < -0.3 is 14.8 Å². The summed E-state index contributed by atoms with van der Waals surface area (Å²) in [7, 11) is 0. The Balaban J connectivity index is 1.64. The number of nitrogens with one attached hydrogen (secondary N) is 1. The first-order valence-corrected chi connectivity index (χ1v) is 12.3. The molecule has 0 saturated heterocycles. The average Bonchev–Trinajstić information content (AvgIpc) is 2.85. The molecule has 0 aromatic carbocycles. The van der Waals surface area contributed by atoms with E-state index in [2.05, 4.69) is 15.3 Å². The zero-order valence-electron chi connectivity index (χ0n) is 21.5. The summed E-state index contributed by atoms with van der Waals surface area (Å²) >= 11 is 0. The molecule has 1 aliphatic rings. The van der Waals surface area contributed by atoms with E-state index >= 15 is 0 Å². The summed E-state index contributed by atoms with van der Waals surface area (Å²) in [5, 5.41) is 3.19. The Hall–Kier alpha value is -3.74. The lowest BCUT2D eigenvalue weighted by atomic mass is 9.84. The minimum atomic E-state index is -0.534.